The number of rotatable bonds is 1. The van der Waals surface area contributed by atoms with Crippen LogP contribution >= 0.6 is 0 Å². The van der Waals surface area contributed by atoms with Crippen molar-refractivity contribution >= 4 is 11.7 Å². The number of pyridine rings is 1. The molecule has 1 aromatic heterocycles. The Hall–Kier alpha value is -1.58. The summed E-state index contributed by atoms with van der Waals surface area (Å²) in [5.74, 6) is 0. The number of urea groups is 1. The van der Waals surface area contributed by atoms with Gasteiger partial charge in [-0.1, -0.05) is 0 Å². The van der Waals surface area contributed by atoms with E-state index in [1.807, 2.05) is 13.8 Å². The molecule has 4 heteroatoms. The van der Waals surface area contributed by atoms with Gasteiger partial charge in [-0.25, -0.2) is 4.79 Å². The molecule has 1 heterocycles. The lowest BCUT2D eigenvalue weighted by molar-refractivity contribution is 0.254. The molecule has 13 heavy (non-hydrogen) atoms. The Labute approximate surface area is 77.4 Å². The van der Waals surface area contributed by atoms with E-state index in [0.717, 1.165) is 16.9 Å². The third kappa shape index (κ3) is 2.18. The number of hydrogen-bond donors (Lipinski definition) is 2. The summed E-state index contributed by atoms with van der Waals surface area (Å²) in [5.41, 5.74) is 2.71. The molecule has 1 aromatic rings. The first kappa shape index (κ1) is 9.51. The Bertz CT molecular complexity index is 323. The first-order chi connectivity index (χ1) is 6.15. The van der Waals surface area contributed by atoms with Crippen LogP contribution in [0.5, 0.6) is 0 Å². The molecule has 2 amide bonds. The van der Waals surface area contributed by atoms with Crippen LogP contribution < -0.4 is 10.6 Å². The summed E-state index contributed by atoms with van der Waals surface area (Å²) in [6.45, 7) is 3.83. The molecule has 0 aliphatic rings. The van der Waals surface area contributed by atoms with E-state index in [9.17, 15) is 4.79 Å². The van der Waals surface area contributed by atoms with Crippen molar-refractivity contribution in [2.75, 3.05) is 12.4 Å². The molecule has 4 nitrogen and oxygen atoms in total. The summed E-state index contributed by atoms with van der Waals surface area (Å²) in [6.07, 6.45) is 1.67. The van der Waals surface area contributed by atoms with E-state index in [1.54, 1.807) is 19.3 Å². The number of amides is 2. The first-order valence-corrected chi connectivity index (χ1v) is 4.06. The molecule has 2 N–H and O–H groups in total. The van der Waals surface area contributed by atoms with Crippen LogP contribution in [0.15, 0.2) is 12.3 Å². The second-order valence-electron chi connectivity index (χ2n) is 2.77. The monoisotopic (exact) mass is 179 g/mol. The van der Waals surface area contributed by atoms with E-state index in [4.69, 9.17) is 0 Å². The van der Waals surface area contributed by atoms with Gasteiger partial charge >= 0.3 is 6.03 Å². The van der Waals surface area contributed by atoms with Gasteiger partial charge in [-0.15, -0.1) is 0 Å². The van der Waals surface area contributed by atoms with Crippen LogP contribution in [0, 0.1) is 13.8 Å². The quantitative estimate of drug-likeness (QED) is 0.685. The van der Waals surface area contributed by atoms with Crippen molar-refractivity contribution in [2.45, 2.75) is 13.8 Å². The number of aromatic nitrogens is 1. The minimum atomic E-state index is -0.214. The maximum Gasteiger partial charge on any atom is 0.318 e. The lowest BCUT2D eigenvalue weighted by atomic mass is 10.2. The van der Waals surface area contributed by atoms with Crippen molar-refractivity contribution in [1.82, 2.24) is 10.3 Å². The highest BCUT2D eigenvalue weighted by molar-refractivity contribution is 5.89. The topological polar surface area (TPSA) is 54.0 Å². The molecule has 0 aromatic carbocycles. The number of anilines is 1. The van der Waals surface area contributed by atoms with Crippen LogP contribution in [0.2, 0.25) is 0 Å². The summed E-state index contributed by atoms with van der Waals surface area (Å²) in [7, 11) is 1.58. The molecule has 0 aliphatic heterocycles. The molecular weight excluding hydrogens is 166 g/mol. The van der Waals surface area contributed by atoms with Crippen LogP contribution in [0.4, 0.5) is 10.5 Å². The van der Waals surface area contributed by atoms with Crippen LogP contribution in [0.1, 0.15) is 11.3 Å². The smallest absolute Gasteiger partial charge is 0.318 e. The van der Waals surface area contributed by atoms with Crippen molar-refractivity contribution in [1.29, 1.82) is 0 Å². The van der Waals surface area contributed by atoms with Gasteiger partial charge in [-0.2, -0.15) is 0 Å². The lowest BCUT2D eigenvalue weighted by Gasteiger charge is -2.08. The van der Waals surface area contributed by atoms with Crippen molar-refractivity contribution in [3.8, 4) is 0 Å². The van der Waals surface area contributed by atoms with Gasteiger partial charge in [0.1, 0.15) is 0 Å². The number of carbonyl (C=O) groups excluding carboxylic acids is 1. The molecule has 0 spiro atoms. The van der Waals surface area contributed by atoms with Gasteiger partial charge in [0.05, 0.1) is 0 Å². The lowest BCUT2D eigenvalue weighted by Crippen LogP contribution is -2.25. The van der Waals surface area contributed by atoms with E-state index in [0.29, 0.717) is 0 Å². The van der Waals surface area contributed by atoms with Gasteiger partial charge in [0, 0.05) is 24.6 Å². The molecule has 0 bridgehead atoms. The minimum absolute atomic E-state index is 0.214. The summed E-state index contributed by atoms with van der Waals surface area (Å²) in [4.78, 5) is 15.1. The summed E-state index contributed by atoms with van der Waals surface area (Å²) in [5, 5.41) is 5.20. The number of nitrogens with zero attached hydrogens (tertiary/aromatic N) is 1. The predicted octanol–water partition coefficient (Wildman–Crippen LogP) is 1.45. The van der Waals surface area contributed by atoms with E-state index >= 15 is 0 Å². The first-order valence-electron chi connectivity index (χ1n) is 4.06. The highest BCUT2D eigenvalue weighted by Crippen LogP contribution is 2.15. The average molecular weight is 179 g/mol. The highest BCUT2D eigenvalue weighted by atomic mass is 16.2. The summed E-state index contributed by atoms with van der Waals surface area (Å²) >= 11 is 0. The zero-order chi connectivity index (χ0) is 9.84. The van der Waals surface area contributed by atoms with Crippen molar-refractivity contribution in [3.05, 3.63) is 23.5 Å². The summed E-state index contributed by atoms with van der Waals surface area (Å²) in [6, 6.07) is 1.56. The fourth-order valence-corrected chi connectivity index (χ4v) is 0.961. The highest BCUT2D eigenvalue weighted by Gasteiger charge is 2.03. The number of hydrogen-bond acceptors (Lipinski definition) is 2. The Kier molecular flexibility index (Phi) is 2.84. The normalized spacial score (nSPS) is 9.46. The van der Waals surface area contributed by atoms with Crippen LogP contribution in [0.25, 0.3) is 0 Å². The van der Waals surface area contributed by atoms with Gasteiger partial charge in [0.2, 0.25) is 0 Å². The number of nitrogens with one attached hydrogen (secondary N) is 2. The maximum absolute atomic E-state index is 11.0. The molecule has 0 saturated carbocycles. The van der Waals surface area contributed by atoms with Crippen molar-refractivity contribution in [3.63, 3.8) is 0 Å². The van der Waals surface area contributed by atoms with Crippen LogP contribution in [-0.2, 0) is 0 Å². The molecule has 1 rings (SSSR count). The third-order valence-corrected chi connectivity index (χ3v) is 1.93. The Balaban J connectivity index is 2.89. The van der Waals surface area contributed by atoms with Gasteiger partial charge in [0.25, 0.3) is 0 Å². The van der Waals surface area contributed by atoms with E-state index in [1.165, 1.54) is 0 Å². The molecule has 70 valence electrons. The fourth-order valence-electron chi connectivity index (χ4n) is 0.961. The zero-order valence-corrected chi connectivity index (χ0v) is 8.01. The molecule has 0 radical (unpaired) electrons. The van der Waals surface area contributed by atoms with Gasteiger partial charge in [-0.3, -0.25) is 4.98 Å². The van der Waals surface area contributed by atoms with Gasteiger partial charge < -0.3 is 10.6 Å². The molecule has 0 atom stereocenters. The average Bonchev–Trinajstić information content (AvgIpc) is 2.13. The largest absolute Gasteiger partial charge is 0.341 e. The van der Waals surface area contributed by atoms with E-state index < -0.39 is 0 Å². The Morgan fingerprint density at radius 2 is 2.15 bits per heavy atom. The molecular formula is C9H13N3O. The van der Waals surface area contributed by atoms with E-state index in [2.05, 4.69) is 15.6 Å². The van der Waals surface area contributed by atoms with Crippen LogP contribution in [0.3, 0.4) is 0 Å². The predicted molar refractivity (Wildman–Crippen MR) is 51.8 cm³/mol. The van der Waals surface area contributed by atoms with Gasteiger partial charge in [0.15, 0.2) is 0 Å². The number of carbonyl (C=O) groups is 1. The molecule has 0 fully saturated rings. The van der Waals surface area contributed by atoms with Crippen molar-refractivity contribution in [2.24, 2.45) is 0 Å². The summed E-state index contributed by atoms with van der Waals surface area (Å²) < 4.78 is 0. The fraction of sp³-hybridized carbons (Fsp3) is 0.333. The third-order valence-electron chi connectivity index (χ3n) is 1.93. The Morgan fingerprint density at radius 3 is 2.77 bits per heavy atom. The number of aryl methyl sites for hydroxylation is 1. The molecule has 0 saturated heterocycles. The minimum Gasteiger partial charge on any atom is -0.341 e. The van der Waals surface area contributed by atoms with Crippen molar-refractivity contribution < 1.29 is 4.79 Å². The molecule has 0 unspecified atom stereocenters. The zero-order valence-electron chi connectivity index (χ0n) is 8.01. The maximum atomic E-state index is 11.0. The second kappa shape index (κ2) is 3.89. The van der Waals surface area contributed by atoms with E-state index in [-0.39, 0.29) is 6.03 Å². The van der Waals surface area contributed by atoms with Gasteiger partial charge in [-0.05, 0) is 25.5 Å². The SMILES string of the molecule is CNC(=O)Nc1ccnc(C)c1C. The second-order valence-corrected chi connectivity index (χ2v) is 2.77. The molecule has 0 aliphatic carbocycles. The standard InChI is InChI=1S/C9H13N3O/c1-6-7(2)11-5-4-8(6)12-9(13)10-3/h4-5H,1-3H3,(H2,10,11,12,13). The Morgan fingerprint density at radius 1 is 1.46 bits per heavy atom. The van der Waals surface area contributed by atoms with Crippen LogP contribution in [-0.4, -0.2) is 18.1 Å².